The molecule has 0 aromatic heterocycles. The molecule has 0 bridgehead atoms. The fourth-order valence-electron chi connectivity index (χ4n) is 2.40. The van der Waals surface area contributed by atoms with E-state index >= 15 is 0 Å². The standard InChI is InChI=1S/C19H28N4O6/c1-3-15(19(27)28)29-12-22-16(24)11-21-18(26)14(23-17(25)10-20-2)9-13-7-5-4-6-8-13/h4-8,14-15,20H,3,9-12H2,1-2H3,(H,21,26)(H,22,24)(H,23,25)(H,27,28). The van der Waals surface area contributed by atoms with Gasteiger partial charge in [-0.2, -0.15) is 0 Å². The van der Waals surface area contributed by atoms with E-state index in [9.17, 15) is 19.2 Å². The van der Waals surface area contributed by atoms with Crippen LogP contribution in [0.4, 0.5) is 0 Å². The maximum absolute atomic E-state index is 12.5. The molecular weight excluding hydrogens is 380 g/mol. The Morgan fingerprint density at radius 1 is 1.03 bits per heavy atom. The van der Waals surface area contributed by atoms with Crippen molar-refractivity contribution in [2.45, 2.75) is 31.9 Å². The van der Waals surface area contributed by atoms with Gasteiger partial charge in [-0.15, -0.1) is 0 Å². The summed E-state index contributed by atoms with van der Waals surface area (Å²) < 4.78 is 5.03. The minimum Gasteiger partial charge on any atom is -0.479 e. The van der Waals surface area contributed by atoms with E-state index in [0.717, 1.165) is 5.56 Å². The molecular formula is C19H28N4O6. The van der Waals surface area contributed by atoms with Gasteiger partial charge in [-0.05, 0) is 19.0 Å². The second kappa shape index (κ2) is 13.2. The number of carboxylic acid groups (broad SMARTS) is 1. The topological polar surface area (TPSA) is 146 Å². The van der Waals surface area contributed by atoms with Crippen molar-refractivity contribution in [3.8, 4) is 0 Å². The van der Waals surface area contributed by atoms with Gasteiger partial charge in [0.15, 0.2) is 6.10 Å². The lowest BCUT2D eigenvalue weighted by atomic mass is 10.1. The molecule has 3 amide bonds. The first-order chi connectivity index (χ1) is 13.9. The summed E-state index contributed by atoms with van der Waals surface area (Å²) >= 11 is 0. The van der Waals surface area contributed by atoms with Crippen molar-refractivity contribution in [2.24, 2.45) is 0 Å². The van der Waals surface area contributed by atoms with E-state index in [2.05, 4.69) is 21.3 Å². The summed E-state index contributed by atoms with van der Waals surface area (Å²) in [5, 5.41) is 19.1. The minimum absolute atomic E-state index is 0.0541. The van der Waals surface area contributed by atoms with E-state index < -0.39 is 29.9 Å². The van der Waals surface area contributed by atoms with Crippen molar-refractivity contribution >= 4 is 23.7 Å². The molecule has 0 heterocycles. The first kappa shape index (κ1) is 24.1. The molecule has 10 heteroatoms. The third kappa shape index (κ3) is 9.67. The zero-order chi connectivity index (χ0) is 21.6. The van der Waals surface area contributed by atoms with Gasteiger partial charge >= 0.3 is 5.97 Å². The van der Waals surface area contributed by atoms with Crippen molar-refractivity contribution in [2.75, 3.05) is 26.9 Å². The highest BCUT2D eigenvalue weighted by atomic mass is 16.5. The number of nitrogens with one attached hydrogen (secondary N) is 4. The highest BCUT2D eigenvalue weighted by Gasteiger charge is 2.21. The van der Waals surface area contributed by atoms with E-state index in [1.54, 1.807) is 14.0 Å². The first-order valence-electron chi connectivity index (χ1n) is 9.24. The number of aliphatic carboxylic acids is 1. The fourth-order valence-corrected chi connectivity index (χ4v) is 2.40. The van der Waals surface area contributed by atoms with Crippen LogP contribution in [0.25, 0.3) is 0 Å². The molecule has 0 fully saturated rings. The molecule has 160 valence electrons. The number of likely N-dealkylation sites (N-methyl/N-ethyl adjacent to an activating group) is 1. The van der Waals surface area contributed by atoms with Crippen LogP contribution in [-0.4, -0.2) is 67.8 Å². The molecule has 0 aliphatic rings. The van der Waals surface area contributed by atoms with Crippen LogP contribution >= 0.6 is 0 Å². The van der Waals surface area contributed by atoms with Crippen LogP contribution in [0.5, 0.6) is 0 Å². The lowest BCUT2D eigenvalue weighted by Gasteiger charge is -2.19. The van der Waals surface area contributed by atoms with Gasteiger partial charge in [-0.3, -0.25) is 14.4 Å². The number of carboxylic acids is 1. The molecule has 2 atom stereocenters. The highest BCUT2D eigenvalue weighted by Crippen LogP contribution is 2.03. The van der Waals surface area contributed by atoms with Crippen LogP contribution < -0.4 is 21.3 Å². The van der Waals surface area contributed by atoms with Crippen molar-refractivity contribution < 1.29 is 29.0 Å². The quantitative estimate of drug-likeness (QED) is 0.263. The lowest BCUT2D eigenvalue weighted by Crippen LogP contribution is -2.51. The summed E-state index contributed by atoms with van der Waals surface area (Å²) in [6, 6.07) is 8.32. The van der Waals surface area contributed by atoms with Gasteiger partial charge in [0.1, 0.15) is 12.8 Å². The van der Waals surface area contributed by atoms with Crippen LogP contribution in [0.1, 0.15) is 18.9 Å². The van der Waals surface area contributed by atoms with Crippen molar-refractivity contribution in [1.29, 1.82) is 0 Å². The third-order valence-corrected chi connectivity index (χ3v) is 3.89. The summed E-state index contributed by atoms with van der Waals surface area (Å²) in [7, 11) is 1.62. The SMILES string of the molecule is CCC(OCNC(=O)CNC(=O)C(Cc1ccccc1)NC(=O)CNC)C(=O)O. The smallest absolute Gasteiger partial charge is 0.332 e. The monoisotopic (exact) mass is 408 g/mol. The summed E-state index contributed by atoms with van der Waals surface area (Å²) in [5.74, 6) is -2.51. The van der Waals surface area contributed by atoms with Crippen LogP contribution in [0.3, 0.4) is 0 Å². The maximum atomic E-state index is 12.5. The maximum Gasteiger partial charge on any atom is 0.332 e. The molecule has 0 radical (unpaired) electrons. The van der Waals surface area contributed by atoms with E-state index in [0.29, 0.717) is 0 Å². The lowest BCUT2D eigenvalue weighted by molar-refractivity contribution is -0.152. The predicted molar refractivity (Wildman–Crippen MR) is 105 cm³/mol. The van der Waals surface area contributed by atoms with Gasteiger partial charge in [-0.1, -0.05) is 37.3 Å². The van der Waals surface area contributed by atoms with Crippen molar-refractivity contribution in [3.05, 3.63) is 35.9 Å². The van der Waals surface area contributed by atoms with Gasteiger partial charge in [0.2, 0.25) is 17.7 Å². The number of hydrogen-bond acceptors (Lipinski definition) is 6. The van der Waals surface area contributed by atoms with E-state index in [1.165, 1.54) is 0 Å². The Hall–Kier alpha value is -2.98. The molecule has 0 spiro atoms. The van der Waals surface area contributed by atoms with Crippen molar-refractivity contribution in [3.63, 3.8) is 0 Å². The largest absolute Gasteiger partial charge is 0.479 e. The number of amides is 3. The minimum atomic E-state index is -1.11. The summed E-state index contributed by atoms with van der Waals surface area (Å²) in [6.07, 6.45) is -0.485. The van der Waals surface area contributed by atoms with Crippen molar-refractivity contribution in [1.82, 2.24) is 21.3 Å². The summed E-state index contributed by atoms with van der Waals surface area (Å²) in [5.41, 5.74) is 0.856. The number of hydrogen-bond donors (Lipinski definition) is 5. The highest BCUT2D eigenvalue weighted by molar-refractivity contribution is 5.91. The number of carbonyl (C=O) groups is 4. The Bertz CT molecular complexity index is 683. The fraction of sp³-hybridized carbons (Fsp3) is 0.474. The van der Waals surface area contributed by atoms with Crippen LogP contribution in [0.15, 0.2) is 30.3 Å². The molecule has 29 heavy (non-hydrogen) atoms. The summed E-state index contributed by atoms with van der Waals surface area (Å²) in [4.78, 5) is 47.0. The molecule has 2 unspecified atom stereocenters. The molecule has 0 saturated heterocycles. The van der Waals surface area contributed by atoms with Gasteiger partial charge < -0.3 is 31.1 Å². The summed E-state index contributed by atoms with van der Waals surface area (Å²) in [6.45, 7) is 1.08. The number of benzene rings is 1. The molecule has 10 nitrogen and oxygen atoms in total. The van der Waals surface area contributed by atoms with E-state index in [-0.39, 0.29) is 38.6 Å². The van der Waals surface area contributed by atoms with Gasteiger partial charge in [0.25, 0.3) is 0 Å². The molecule has 5 N–H and O–H groups in total. The predicted octanol–water partition coefficient (Wildman–Crippen LogP) is -0.997. The first-order valence-corrected chi connectivity index (χ1v) is 9.24. The second-order valence-corrected chi connectivity index (χ2v) is 6.20. The average Bonchev–Trinajstić information content (AvgIpc) is 2.69. The Morgan fingerprint density at radius 2 is 1.72 bits per heavy atom. The normalized spacial score (nSPS) is 12.5. The zero-order valence-corrected chi connectivity index (χ0v) is 16.6. The molecule has 1 aromatic carbocycles. The Balaban J connectivity index is 2.54. The zero-order valence-electron chi connectivity index (χ0n) is 16.6. The Labute approximate surface area is 169 Å². The molecule has 0 aliphatic heterocycles. The van der Waals surface area contributed by atoms with Crippen LogP contribution in [0.2, 0.25) is 0 Å². The molecule has 0 aliphatic carbocycles. The Kier molecular flexibility index (Phi) is 11.0. The van der Waals surface area contributed by atoms with Gasteiger partial charge in [0.05, 0.1) is 13.1 Å². The number of rotatable bonds is 13. The number of carbonyl (C=O) groups excluding carboxylic acids is 3. The van der Waals surface area contributed by atoms with Gasteiger partial charge in [-0.25, -0.2) is 4.79 Å². The molecule has 0 saturated carbocycles. The molecule has 1 rings (SSSR count). The van der Waals surface area contributed by atoms with Crippen LogP contribution in [-0.2, 0) is 30.3 Å². The third-order valence-electron chi connectivity index (χ3n) is 3.89. The van der Waals surface area contributed by atoms with Gasteiger partial charge in [0, 0.05) is 6.42 Å². The second-order valence-electron chi connectivity index (χ2n) is 6.20. The Morgan fingerprint density at radius 3 is 2.31 bits per heavy atom. The number of ether oxygens (including phenoxy) is 1. The van der Waals surface area contributed by atoms with Crippen LogP contribution in [0, 0.1) is 0 Å². The van der Waals surface area contributed by atoms with E-state index in [4.69, 9.17) is 9.84 Å². The molecule has 1 aromatic rings. The van der Waals surface area contributed by atoms with E-state index in [1.807, 2.05) is 30.3 Å². The average molecular weight is 408 g/mol.